The topological polar surface area (TPSA) is 47.7 Å². The van der Waals surface area contributed by atoms with E-state index in [9.17, 15) is 0 Å². The van der Waals surface area contributed by atoms with Gasteiger partial charge in [-0.25, -0.2) is 0 Å². The highest BCUT2D eigenvalue weighted by Gasteiger charge is 2.25. The van der Waals surface area contributed by atoms with Crippen molar-refractivity contribution in [2.75, 3.05) is 40.5 Å². The summed E-state index contributed by atoms with van der Waals surface area (Å²) in [5, 5.41) is 2.09. The molecule has 4 nitrogen and oxygen atoms in total. The zero-order valence-electron chi connectivity index (χ0n) is 11.8. The quantitative estimate of drug-likeness (QED) is 0.743. The van der Waals surface area contributed by atoms with Gasteiger partial charge in [0.05, 0.1) is 19.3 Å². The van der Waals surface area contributed by atoms with Crippen LogP contribution < -0.4 is 5.73 Å². The molecule has 0 bridgehead atoms. The molecule has 1 heterocycles. The average molecular weight is 351 g/mol. The van der Waals surface area contributed by atoms with Crippen molar-refractivity contribution in [1.82, 2.24) is 4.90 Å². The van der Waals surface area contributed by atoms with Crippen molar-refractivity contribution in [2.45, 2.75) is 19.0 Å². The lowest BCUT2D eigenvalue weighted by Gasteiger charge is -2.33. The van der Waals surface area contributed by atoms with E-state index in [2.05, 4.69) is 32.3 Å². The van der Waals surface area contributed by atoms with Crippen molar-refractivity contribution in [3.05, 3.63) is 20.8 Å². The summed E-state index contributed by atoms with van der Waals surface area (Å²) >= 11 is 5.24. The highest BCUT2D eigenvalue weighted by molar-refractivity contribution is 9.10. The Labute approximate surface area is 128 Å². The molecule has 2 atom stereocenters. The Morgan fingerprint density at radius 2 is 1.89 bits per heavy atom. The average Bonchev–Trinajstić information content (AvgIpc) is 2.78. The lowest BCUT2D eigenvalue weighted by molar-refractivity contribution is 0.0812. The highest BCUT2D eigenvalue weighted by atomic mass is 79.9. The maximum Gasteiger partial charge on any atom is 0.0592 e. The zero-order valence-corrected chi connectivity index (χ0v) is 14.2. The van der Waals surface area contributed by atoms with E-state index in [1.54, 1.807) is 25.6 Å². The smallest absolute Gasteiger partial charge is 0.0592 e. The van der Waals surface area contributed by atoms with Crippen LogP contribution in [0.25, 0.3) is 0 Å². The van der Waals surface area contributed by atoms with E-state index in [0.717, 1.165) is 17.6 Å². The Morgan fingerprint density at radius 3 is 2.26 bits per heavy atom. The molecule has 0 fully saturated rings. The zero-order chi connectivity index (χ0) is 14.3. The molecule has 0 saturated carbocycles. The van der Waals surface area contributed by atoms with E-state index in [4.69, 9.17) is 15.2 Å². The van der Waals surface area contributed by atoms with Gasteiger partial charge in [-0.05, 0) is 28.9 Å². The Kier molecular flexibility index (Phi) is 8.13. The van der Waals surface area contributed by atoms with Crippen molar-refractivity contribution in [1.29, 1.82) is 0 Å². The molecule has 2 N–H and O–H groups in total. The summed E-state index contributed by atoms with van der Waals surface area (Å²) < 4.78 is 11.5. The van der Waals surface area contributed by atoms with Crippen LogP contribution in [-0.4, -0.2) is 51.5 Å². The predicted octanol–water partition coefficient (Wildman–Crippen LogP) is 2.49. The normalized spacial score (nSPS) is 14.8. The van der Waals surface area contributed by atoms with Crippen molar-refractivity contribution in [3.8, 4) is 0 Å². The number of nitrogens with zero attached hydrogens (tertiary/aromatic N) is 1. The minimum absolute atomic E-state index is 0.0549. The third kappa shape index (κ3) is 5.49. The number of rotatable bonds is 9. The number of thiophene rings is 1. The molecule has 0 aliphatic rings. The van der Waals surface area contributed by atoms with Gasteiger partial charge in [0.25, 0.3) is 0 Å². The van der Waals surface area contributed by atoms with E-state index in [1.807, 2.05) is 6.92 Å². The summed E-state index contributed by atoms with van der Waals surface area (Å²) in [5.41, 5.74) is 6.19. The fraction of sp³-hybridized carbons (Fsp3) is 0.692. The highest BCUT2D eigenvalue weighted by Crippen LogP contribution is 2.31. The number of halogens is 1. The first-order valence-corrected chi connectivity index (χ1v) is 7.98. The van der Waals surface area contributed by atoms with Crippen LogP contribution in [0.1, 0.15) is 17.8 Å². The van der Waals surface area contributed by atoms with Crippen molar-refractivity contribution >= 4 is 27.3 Å². The maximum absolute atomic E-state index is 6.19. The summed E-state index contributed by atoms with van der Waals surface area (Å²) in [5.74, 6) is 0. The molecule has 6 heteroatoms. The molecule has 0 aliphatic carbocycles. The number of nitrogens with two attached hydrogens (primary N) is 1. The molecule has 0 amide bonds. The first-order chi connectivity index (χ1) is 9.10. The summed E-state index contributed by atoms with van der Waals surface area (Å²) in [6.45, 7) is 5.13. The lowest BCUT2D eigenvalue weighted by Crippen LogP contribution is -2.42. The minimum atomic E-state index is 0.0549. The molecular formula is C13H23BrN2O2S. The van der Waals surface area contributed by atoms with E-state index < -0.39 is 0 Å². The Balaban J connectivity index is 2.84. The molecule has 0 saturated heterocycles. The van der Waals surface area contributed by atoms with Crippen molar-refractivity contribution in [3.63, 3.8) is 0 Å². The van der Waals surface area contributed by atoms with Gasteiger partial charge >= 0.3 is 0 Å². The van der Waals surface area contributed by atoms with E-state index >= 15 is 0 Å². The maximum atomic E-state index is 6.19. The fourth-order valence-electron chi connectivity index (χ4n) is 2.06. The molecule has 2 unspecified atom stereocenters. The molecule has 0 aliphatic heterocycles. The van der Waals surface area contributed by atoms with Crippen molar-refractivity contribution < 1.29 is 9.47 Å². The minimum Gasteiger partial charge on any atom is -0.383 e. The Bertz CT molecular complexity index is 352. The van der Waals surface area contributed by atoms with Crippen LogP contribution in [0, 0.1) is 0 Å². The number of hydrogen-bond acceptors (Lipinski definition) is 5. The van der Waals surface area contributed by atoms with Crippen LogP contribution in [0.15, 0.2) is 15.9 Å². The molecule has 1 aromatic heterocycles. The van der Waals surface area contributed by atoms with Gasteiger partial charge < -0.3 is 15.2 Å². The summed E-state index contributed by atoms with van der Waals surface area (Å²) in [6, 6.07) is 2.39. The molecule has 0 aromatic carbocycles. The number of ether oxygens (including phenoxy) is 2. The van der Waals surface area contributed by atoms with E-state index in [-0.39, 0.29) is 12.1 Å². The Hall–Kier alpha value is 0.0200. The van der Waals surface area contributed by atoms with Gasteiger partial charge in [0.2, 0.25) is 0 Å². The van der Waals surface area contributed by atoms with Gasteiger partial charge in [-0.3, -0.25) is 4.90 Å². The standard InChI is InChI=1S/C13H23BrN2O2S/c1-10(15)13(12-8-11(14)9-19-12)16(4-6-17-2)5-7-18-3/h8-10,13H,4-7,15H2,1-3H3. The molecular weight excluding hydrogens is 328 g/mol. The van der Waals surface area contributed by atoms with Crippen LogP contribution in [0.4, 0.5) is 0 Å². The third-order valence-electron chi connectivity index (χ3n) is 2.94. The SMILES string of the molecule is COCCN(CCOC)C(c1cc(Br)cs1)C(C)N. The van der Waals surface area contributed by atoms with Gasteiger partial charge in [0.15, 0.2) is 0 Å². The van der Waals surface area contributed by atoms with Crippen LogP contribution in [0.2, 0.25) is 0 Å². The monoisotopic (exact) mass is 350 g/mol. The predicted molar refractivity (Wildman–Crippen MR) is 83.7 cm³/mol. The lowest BCUT2D eigenvalue weighted by atomic mass is 10.1. The number of hydrogen-bond donors (Lipinski definition) is 1. The fourth-order valence-corrected chi connectivity index (χ4v) is 3.76. The van der Waals surface area contributed by atoms with Crippen LogP contribution in [-0.2, 0) is 9.47 Å². The number of methoxy groups -OCH3 is 2. The molecule has 0 radical (unpaired) electrons. The molecule has 110 valence electrons. The first kappa shape index (κ1) is 17.1. The second kappa shape index (κ2) is 9.05. The summed E-state index contributed by atoms with van der Waals surface area (Å²) in [6.07, 6.45) is 0. The molecule has 19 heavy (non-hydrogen) atoms. The van der Waals surface area contributed by atoms with Gasteiger partial charge in [0, 0.05) is 48.1 Å². The molecule has 1 aromatic rings. The second-order valence-corrected chi connectivity index (χ2v) is 6.35. The van der Waals surface area contributed by atoms with Crippen LogP contribution in [0.3, 0.4) is 0 Å². The van der Waals surface area contributed by atoms with Gasteiger partial charge in [0.1, 0.15) is 0 Å². The van der Waals surface area contributed by atoms with Gasteiger partial charge in [-0.15, -0.1) is 11.3 Å². The third-order valence-corrected chi connectivity index (χ3v) is 4.70. The van der Waals surface area contributed by atoms with E-state index in [0.29, 0.717) is 13.2 Å². The Morgan fingerprint density at radius 1 is 1.32 bits per heavy atom. The van der Waals surface area contributed by atoms with E-state index in [1.165, 1.54) is 4.88 Å². The molecule has 1 rings (SSSR count). The first-order valence-electron chi connectivity index (χ1n) is 6.31. The second-order valence-electron chi connectivity index (χ2n) is 4.49. The summed E-state index contributed by atoms with van der Waals surface area (Å²) in [7, 11) is 3.44. The van der Waals surface area contributed by atoms with Crippen LogP contribution >= 0.6 is 27.3 Å². The van der Waals surface area contributed by atoms with Crippen LogP contribution in [0.5, 0.6) is 0 Å². The summed E-state index contributed by atoms with van der Waals surface area (Å²) in [4.78, 5) is 3.60. The van der Waals surface area contributed by atoms with Crippen molar-refractivity contribution in [2.24, 2.45) is 5.73 Å². The van der Waals surface area contributed by atoms with Gasteiger partial charge in [-0.2, -0.15) is 0 Å². The molecule has 0 spiro atoms. The van der Waals surface area contributed by atoms with Gasteiger partial charge in [-0.1, -0.05) is 0 Å². The largest absolute Gasteiger partial charge is 0.383 e.